The highest BCUT2D eigenvalue weighted by molar-refractivity contribution is 7.90. The summed E-state index contributed by atoms with van der Waals surface area (Å²) >= 11 is 0. The molecule has 2 rings (SSSR count). The number of carbonyl (C=O) groups is 1. The molecule has 0 bridgehead atoms. The van der Waals surface area contributed by atoms with Gasteiger partial charge in [0.1, 0.15) is 11.5 Å². The molecule has 0 fully saturated rings. The van der Waals surface area contributed by atoms with Crippen LogP contribution in [0.1, 0.15) is 27.4 Å². The summed E-state index contributed by atoms with van der Waals surface area (Å²) in [5, 5.41) is 0. The number of carbonyl (C=O) groups excluding carboxylic acids is 1. The second-order valence-electron chi connectivity index (χ2n) is 5.42. The molecule has 0 saturated carbocycles. The maximum Gasteiger partial charge on any atom is 0.254 e. The van der Waals surface area contributed by atoms with Gasteiger partial charge in [0.2, 0.25) is 0 Å². The molecular formula is C16H19NO4S. The van der Waals surface area contributed by atoms with Crippen molar-refractivity contribution in [3.63, 3.8) is 0 Å². The maximum absolute atomic E-state index is 12.5. The van der Waals surface area contributed by atoms with Crippen molar-refractivity contribution in [2.24, 2.45) is 0 Å². The summed E-state index contributed by atoms with van der Waals surface area (Å²) in [5.41, 5.74) is 1.12. The molecule has 0 aliphatic rings. The number of hydrogen-bond acceptors (Lipinski definition) is 4. The van der Waals surface area contributed by atoms with Crippen molar-refractivity contribution in [3.8, 4) is 0 Å². The molecule has 1 amide bonds. The normalized spacial score (nSPS) is 11.5. The standard InChI is InChI=1S/C16H19NO4S/c1-11-5-8-14(22(4,19)20)9-15(11)16(18)17(3)10-13-7-6-12(2)21-13/h5-9H,10H2,1-4H3. The Labute approximate surface area is 130 Å². The Hall–Kier alpha value is -2.08. The Bertz CT molecular complexity index is 805. The van der Waals surface area contributed by atoms with Crippen molar-refractivity contribution in [2.45, 2.75) is 25.3 Å². The van der Waals surface area contributed by atoms with E-state index in [-0.39, 0.29) is 10.8 Å². The molecule has 0 unspecified atom stereocenters. The largest absolute Gasteiger partial charge is 0.464 e. The number of amides is 1. The minimum atomic E-state index is -3.35. The monoisotopic (exact) mass is 321 g/mol. The van der Waals surface area contributed by atoms with E-state index in [4.69, 9.17) is 4.42 Å². The van der Waals surface area contributed by atoms with Crippen LogP contribution >= 0.6 is 0 Å². The molecule has 0 aliphatic carbocycles. The van der Waals surface area contributed by atoms with Gasteiger partial charge in [0.25, 0.3) is 5.91 Å². The van der Waals surface area contributed by atoms with E-state index in [0.717, 1.165) is 17.6 Å². The number of benzene rings is 1. The molecule has 118 valence electrons. The van der Waals surface area contributed by atoms with Crippen LogP contribution < -0.4 is 0 Å². The van der Waals surface area contributed by atoms with Gasteiger partial charge in [-0.3, -0.25) is 4.79 Å². The van der Waals surface area contributed by atoms with E-state index in [1.807, 2.05) is 19.1 Å². The van der Waals surface area contributed by atoms with Crippen LogP contribution in [0.15, 0.2) is 39.6 Å². The average molecular weight is 321 g/mol. The number of nitrogens with zero attached hydrogens (tertiary/aromatic N) is 1. The molecule has 1 aromatic heterocycles. The van der Waals surface area contributed by atoms with Gasteiger partial charge in [0.15, 0.2) is 9.84 Å². The zero-order chi connectivity index (χ0) is 16.5. The van der Waals surface area contributed by atoms with Crippen molar-refractivity contribution in [3.05, 3.63) is 53.0 Å². The van der Waals surface area contributed by atoms with Gasteiger partial charge in [0.05, 0.1) is 11.4 Å². The Balaban J connectivity index is 2.28. The maximum atomic E-state index is 12.5. The molecule has 5 nitrogen and oxygen atoms in total. The van der Waals surface area contributed by atoms with Gasteiger partial charge >= 0.3 is 0 Å². The molecule has 0 spiro atoms. The van der Waals surface area contributed by atoms with Crippen LogP contribution in [-0.2, 0) is 16.4 Å². The third-order valence-corrected chi connectivity index (χ3v) is 4.51. The molecule has 1 aromatic carbocycles. The fourth-order valence-corrected chi connectivity index (χ4v) is 2.79. The second kappa shape index (κ2) is 5.96. The first-order valence-corrected chi connectivity index (χ1v) is 8.69. The smallest absolute Gasteiger partial charge is 0.254 e. The van der Waals surface area contributed by atoms with Gasteiger partial charge in [-0.05, 0) is 43.7 Å². The molecule has 0 saturated heterocycles. The van der Waals surface area contributed by atoms with Crippen LogP contribution in [0.3, 0.4) is 0 Å². The van der Waals surface area contributed by atoms with Gasteiger partial charge in [-0.15, -0.1) is 0 Å². The van der Waals surface area contributed by atoms with Crippen molar-refractivity contribution >= 4 is 15.7 Å². The first kappa shape index (κ1) is 16.3. The lowest BCUT2D eigenvalue weighted by molar-refractivity contribution is 0.0774. The Kier molecular flexibility index (Phi) is 4.42. The van der Waals surface area contributed by atoms with E-state index in [9.17, 15) is 13.2 Å². The Morgan fingerprint density at radius 3 is 2.41 bits per heavy atom. The summed E-state index contributed by atoms with van der Waals surface area (Å²) in [6.07, 6.45) is 1.13. The molecule has 22 heavy (non-hydrogen) atoms. The van der Waals surface area contributed by atoms with Crippen LogP contribution in [0.25, 0.3) is 0 Å². The molecule has 0 aliphatic heterocycles. The van der Waals surface area contributed by atoms with E-state index in [1.165, 1.54) is 17.0 Å². The number of furan rings is 1. The highest BCUT2D eigenvalue weighted by Crippen LogP contribution is 2.18. The molecule has 0 radical (unpaired) electrons. The Morgan fingerprint density at radius 1 is 1.18 bits per heavy atom. The van der Waals surface area contributed by atoms with Crippen LogP contribution in [0, 0.1) is 13.8 Å². The zero-order valence-electron chi connectivity index (χ0n) is 13.1. The zero-order valence-corrected chi connectivity index (χ0v) is 13.9. The molecule has 0 N–H and O–H groups in total. The van der Waals surface area contributed by atoms with Crippen LogP contribution in [-0.4, -0.2) is 32.5 Å². The third kappa shape index (κ3) is 3.57. The lowest BCUT2D eigenvalue weighted by Gasteiger charge is -2.17. The van der Waals surface area contributed by atoms with E-state index in [1.54, 1.807) is 20.0 Å². The quantitative estimate of drug-likeness (QED) is 0.868. The average Bonchev–Trinajstić information content (AvgIpc) is 2.82. The minimum absolute atomic E-state index is 0.142. The van der Waals surface area contributed by atoms with Crippen LogP contribution in [0.2, 0.25) is 0 Å². The number of rotatable bonds is 4. The van der Waals surface area contributed by atoms with Gasteiger partial charge < -0.3 is 9.32 Å². The van der Waals surface area contributed by atoms with E-state index >= 15 is 0 Å². The summed E-state index contributed by atoms with van der Waals surface area (Å²) in [4.78, 5) is 14.2. The summed E-state index contributed by atoms with van der Waals surface area (Å²) in [7, 11) is -1.69. The Morgan fingerprint density at radius 2 is 1.86 bits per heavy atom. The number of sulfone groups is 1. The van der Waals surface area contributed by atoms with Crippen molar-refractivity contribution in [2.75, 3.05) is 13.3 Å². The SMILES string of the molecule is Cc1ccc(CN(C)C(=O)c2cc(S(C)(=O)=O)ccc2C)o1. The first-order valence-electron chi connectivity index (χ1n) is 6.80. The fraction of sp³-hybridized carbons (Fsp3) is 0.312. The van der Waals surface area contributed by atoms with Gasteiger partial charge in [-0.25, -0.2) is 8.42 Å². The fourth-order valence-electron chi connectivity index (χ4n) is 2.14. The molecule has 0 atom stereocenters. The van der Waals surface area contributed by atoms with Crippen molar-refractivity contribution in [1.29, 1.82) is 0 Å². The summed E-state index contributed by atoms with van der Waals surface area (Å²) < 4.78 is 28.7. The predicted molar refractivity (Wildman–Crippen MR) is 83.5 cm³/mol. The molecular weight excluding hydrogens is 302 g/mol. The summed E-state index contributed by atoms with van der Waals surface area (Å²) in [6.45, 7) is 3.95. The van der Waals surface area contributed by atoms with Crippen molar-refractivity contribution < 1.29 is 17.6 Å². The minimum Gasteiger partial charge on any atom is -0.464 e. The lowest BCUT2D eigenvalue weighted by Crippen LogP contribution is -2.27. The first-order chi connectivity index (χ1) is 10.2. The predicted octanol–water partition coefficient (Wildman–Crippen LogP) is 2.57. The summed E-state index contributed by atoms with van der Waals surface area (Å²) in [6, 6.07) is 8.24. The van der Waals surface area contributed by atoms with Crippen molar-refractivity contribution in [1.82, 2.24) is 4.90 Å². The summed E-state index contributed by atoms with van der Waals surface area (Å²) in [5.74, 6) is 1.23. The van der Waals surface area contributed by atoms with E-state index < -0.39 is 9.84 Å². The van der Waals surface area contributed by atoms with Crippen LogP contribution in [0.4, 0.5) is 0 Å². The highest BCUT2D eigenvalue weighted by atomic mass is 32.2. The van der Waals surface area contributed by atoms with Gasteiger partial charge in [-0.2, -0.15) is 0 Å². The van der Waals surface area contributed by atoms with E-state index in [2.05, 4.69) is 0 Å². The van der Waals surface area contributed by atoms with Gasteiger partial charge in [-0.1, -0.05) is 6.07 Å². The lowest BCUT2D eigenvalue weighted by atomic mass is 10.1. The second-order valence-corrected chi connectivity index (χ2v) is 7.44. The molecule has 1 heterocycles. The van der Waals surface area contributed by atoms with Crippen LogP contribution in [0.5, 0.6) is 0 Å². The molecule has 6 heteroatoms. The third-order valence-electron chi connectivity index (χ3n) is 3.40. The topological polar surface area (TPSA) is 67.6 Å². The number of hydrogen-bond donors (Lipinski definition) is 0. The van der Waals surface area contributed by atoms with Gasteiger partial charge in [0, 0.05) is 18.9 Å². The van der Waals surface area contributed by atoms with E-state index in [0.29, 0.717) is 17.9 Å². The molecule has 2 aromatic rings. The number of aryl methyl sites for hydroxylation is 2. The highest BCUT2D eigenvalue weighted by Gasteiger charge is 2.18.